The maximum atomic E-state index is 4.86. The summed E-state index contributed by atoms with van der Waals surface area (Å²) in [5.41, 5.74) is 2.41. The normalized spacial score (nSPS) is 9.08. The fourth-order valence-electron chi connectivity index (χ4n) is 1.15. The van der Waals surface area contributed by atoms with Crippen LogP contribution >= 0.6 is 0 Å². The zero-order valence-corrected chi connectivity index (χ0v) is 8.13. The van der Waals surface area contributed by atoms with Crippen LogP contribution in [0.2, 0.25) is 0 Å². The van der Waals surface area contributed by atoms with Crippen LogP contribution in [0.15, 0.2) is 24.3 Å². The number of rotatable bonds is 2. The second kappa shape index (κ2) is 5.40. The monoisotopic (exact) mass is 174 g/mol. The molecule has 1 heteroatoms. The van der Waals surface area contributed by atoms with E-state index in [1.165, 1.54) is 5.56 Å². The summed E-state index contributed by atoms with van der Waals surface area (Å²) in [7, 11) is 1.65. The van der Waals surface area contributed by atoms with Gasteiger partial charge in [0.25, 0.3) is 0 Å². The number of ether oxygens (including phenoxy) is 1. The summed E-state index contributed by atoms with van der Waals surface area (Å²) in [6.45, 7) is 2.63. The number of hydrogen-bond donors (Lipinski definition) is 0. The summed E-state index contributed by atoms with van der Waals surface area (Å²) in [6.07, 6.45) is 1.03. The number of hydrogen-bond acceptors (Lipinski definition) is 1. The molecule has 0 fully saturated rings. The Balaban J connectivity index is 2.82. The van der Waals surface area contributed by atoms with Gasteiger partial charge in [0.1, 0.15) is 6.61 Å². The number of benzene rings is 1. The Morgan fingerprint density at radius 2 is 2.08 bits per heavy atom. The molecule has 0 radical (unpaired) electrons. The third kappa shape index (κ3) is 2.93. The van der Waals surface area contributed by atoms with Crippen molar-refractivity contribution >= 4 is 0 Å². The van der Waals surface area contributed by atoms with Gasteiger partial charge in [-0.15, -0.1) is 0 Å². The molecule has 0 amide bonds. The molecule has 68 valence electrons. The lowest BCUT2D eigenvalue weighted by atomic mass is 10.1. The van der Waals surface area contributed by atoms with E-state index in [9.17, 15) is 0 Å². The molecule has 0 saturated heterocycles. The summed E-state index contributed by atoms with van der Waals surface area (Å²) in [6, 6.07) is 8.20. The van der Waals surface area contributed by atoms with Crippen LogP contribution in [0.1, 0.15) is 18.1 Å². The first-order valence-corrected chi connectivity index (χ1v) is 4.44. The quantitative estimate of drug-likeness (QED) is 0.625. The lowest BCUT2D eigenvalue weighted by molar-refractivity contribution is 0.240. The van der Waals surface area contributed by atoms with Crippen LogP contribution in [0.25, 0.3) is 0 Å². The van der Waals surface area contributed by atoms with Gasteiger partial charge in [0, 0.05) is 12.7 Å². The van der Waals surface area contributed by atoms with Crippen LogP contribution in [-0.4, -0.2) is 13.7 Å². The van der Waals surface area contributed by atoms with Crippen LogP contribution in [0.4, 0.5) is 0 Å². The molecule has 0 aliphatic heterocycles. The fourth-order valence-corrected chi connectivity index (χ4v) is 1.15. The zero-order valence-electron chi connectivity index (χ0n) is 8.13. The van der Waals surface area contributed by atoms with E-state index in [1.807, 2.05) is 18.2 Å². The lowest BCUT2D eigenvalue weighted by Gasteiger charge is -1.98. The smallest absolute Gasteiger partial charge is 0.107 e. The predicted octanol–water partition coefficient (Wildman–Crippen LogP) is 2.25. The average Bonchev–Trinajstić information content (AvgIpc) is 2.19. The minimum atomic E-state index is 0.498. The van der Waals surface area contributed by atoms with Gasteiger partial charge < -0.3 is 4.74 Å². The molecule has 0 N–H and O–H groups in total. The minimum Gasteiger partial charge on any atom is -0.372 e. The van der Waals surface area contributed by atoms with Crippen molar-refractivity contribution in [2.45, 2.75) is 13.3 Å². The van der Waals surface area contributed by atoms with E-state index in [-0.39, 0.29) is 0 Å². The number of aryl methyl sites for hydroxylation is 1. The summed E-state index contributed by atoms with van der Waals surface area (Å²) >= 11 is 0. The highest BCUT2D eigenvalue weighted by Crippen LogP contribution is 2.07. The molecule has 1 aromatic rings. The maximum absolute atomic E-state index is 4.86. The third-order valence-corrected chi connectivity index (χ3v) is 1.84. The molecule has 0 aromatic heterocycles. The molecular formula is C12H14O. The molecule has 0 saturated carbocycles. The van der Waals surface area contributed by atoms with Gasteiger partial charge in [0.05, 0.1) is 0 Å². The van der Waals surface area contributed by atoms with Gasteiger partial charge in [-0.2, -0.15) is 0 Å². The van der Waals surface area contributed by atoms with E-state index >= 15 is 0 Å². The maximum Gasteiger partial charge on any atom is 0.107 e. The van der Waals surface area contributed by atoms with Gasteiger partial charge in [-0.25, -0.2) is 0 Å². The molecule has 13 heavy (non-hydrogen) atoms. The summed E-state index contributed by atoms with van der Waals surface area (Å²) < 4.78 is 4.86. The largest absolute Gasteiger partial charge is 0.372 e. The van der Waals surface area contributed by atoms with Crippen molar-refractivity contribution in [1.82, 2.24) is 0 Å². The summed E-state index contributed by atoms with van der Waals surface area (Å²) in [5.74, 6) is 6.04. The Kier molecular flexibility index (Phi) is 4.08. The first-order valence-electron chi connectivity index (χ1n) is 4.44. The molecule has 1 rings (SSSR count). The number of methoxy groups -OCH3 is 1. The molecule has 1 nitrogen and oxygen atoms in total. The van der Waals surface area contributed by atoms with Crippen LogP contribution in [-0.2, 0) is 11.2 Å². The van der Waals surface area contributed by atoms with Crippen molar-refractivity contribution in [3.63, 3.8) is 0 Å². The molecular weight excluding hydrogens is 160 g/mol. The molecule has 0 spiro atoms. The Morgan fingerprint density at radius 3 is 2.77 bits per heavy atom. The Hall–Kier alpha value is -1.26. The van der Waals surface area contributed by atoms with E-state index in [2.05, 4.69) is 24.8 Å². The van der Waals surface area contributed by atoms with E-state index in [0.29, 0.717) is 6.61 Å². The fraction of sp³-hybridized carbons (Fsp3) is 0.333. The van der Waals surface area contributed by atoms with E-state index < -0.39 is 0 Å². The van der Waals surface area contributed by atoms with Crippen LogP contribution in [0.5, 0.6) is 0 Å². The molecule has 1 aromatic carbocycles. The zero-order chi connectivity index (χ0) is 9.52. The Bertz CT molecular complexity index is 317. The van der Waals surface area contributed by atoms with Crippen LogP contribution < -0.4 is 0 Å². The second-order valence-electron chi connectivity index (χ2n) is 2.75. The van der Waals surface area contributed by atoms with Gasteiger partial charge in [-0.05, 0) is 18.1 Å². The van der Waals surface area contributed by atoms with Gasteiger partial charge in [0.15, 0.2) is 0 Å². The first kappa shape index (κ1) is 9.83. The topological polar surface area (TPSA) is 9.23 Å². The standard InChI is InChI=1S/C12H14O/c1-3-11-7-4-5-8-12(11)9-6-10-13-2/h4-5,7-8H,3,10H2,1-2H3. The molecule has 0 aliphatic rings. The highest BCUT2D eigenvalue weighted by Gasteiger charge is 1.93. The van der Waals surface area contributed by atoms with Crippen molar-refractivity contribution in [3.05, 3.63) is 35.4 Å². The van der Waals surface area contributed by atoms with Gasteiger partial charge >= 0.3 is 0 Å². The van der Waals surface area contributed by atoms with E-state index in [4.69, 9.17) is 4.74 Å². The Labute approximate surface area is 79.7 Å². The molecule has 0 heterocycles. The van der Waals surface area contributed by atoms with Crippen molar-refractivity contribution in [1.29, 1.82) is 0 Å². The van der Waals surface area contributed by atoms with Crippen molar-refractivity contribution in [3.8, 4) is 11.8 Å². The third-order valence-electron chi connectivity index (χ3n) is 1.84. The van der Waals surface area contributed by atoms with E-state index in [0.717, 1.165) is 12.0 Å². The van der Waals surface area contributed by atoms with Gasteiger partial charge in [-0.3, -0.25) is 0 Å². The predicted molar refractivity (Wildman–Crippen MR) is 54.6 cm³/mol. The lowest BCUT2D eigenvalue weighted by Crippen LogP contribution is -1.87. The van der Waals surface area contributed by atoms with Gasteiger partial charge in [-0.1, -0.05) is 37.0 Å². The molecule has 0 bridgehead atoms. The van der Waals surface area contributed by atoms with Crippen molar-refractivity contribution in [2.75, 3.05) is 13.7 Å². The second-order valence-corrected chi connectivity index (χ2v) is 2.75. The van der Waals surface area contributed by atoms with Crippen LogP contribution in [0.3, 0.4) is 0 Å². The highest BCUT2D eigenvalue weighted by atomic mass is 16.5. The summed E-state index contributed by atoms with van der Waals surface area (Å²) in [4.78, 5) is 0. The highest BCUT2D eigenvalue weighted by molar-refractivity contribution is 5.41. The van der Waals surface area contributed by atoms with Crippen LogP contribution in [0, 0.1) is 11.8 Å². The summed E-state index contributed by atoms with van der Waals surface area (Å²) in [5, 5.41) is 0. The average molecular weight is 174 g/mol. The molecule has 0 atom stereocenters. The van der Waals surface area contributed by atoms with Crippen molar-refractivity contribution < 1.29 is 4.74 Å². The molecule has 0 aliphatic carbocycles. The SMILES string of the molecule is CCc1ccccc1C#CCOC. The Morgan fingerprint density at radius 1 is 1.31 bits per heavy atom. The van der Waals surface area contributed by atoms with Crippen molar-refractivity contribution in [2.24, 2.45) is 0 Å². The first-order chi connectivity index (χ1) is 6.38. The van der Waals surface area contributed by atoms with Gasteiger partial charge in [0.2, 0.25) is 0 Å². The minimum absolute atomic E-state index is 0.498. The van der Waals surface area contributed by atoms with E-state index in [1.54, 1.807) is 7.11 Å². The molecule has 0 unspecified atom stereocenters.